The fraction of sp³-hybridized carbons (Fsp3) is 0.250. The molecule has 7 nitrogen and oxygen atoms in total. The zero-order chi connectivity index (χ0) is 14.5. The van der Waals surface area contributed by atoms with Gasteiger partial charge in [-0.1, -0.05) is 11.3 Å². The molecule has 0 unspecified atom stereocenters. The molecule has 0 bridgehead atoms. The normalized spacial score (nSPS) is 10.5. The third-order valence-electron chi connectivity index (χ3n) is 2.69. The van der Waals surface area contributed by atoms with E-state index in [0.29, 0.717) is 6.54 Å². The highest BCUT2D eigenvalue weighted by Crippen LogP contribution is 2.24. The van der Waals surface area contributed by atoms with Crippen molar-refractivity contribution in [3.05, 3.63) is 35.7 Å². The maximum absolute atomic E-state index is 11.2. The molecule has 5 N–H and O–H groups in total. The fourth-order valence-electron chi connectivity index (χ4n) is 1.61. The maximum atomic E-state index is 11.2. The number of aryl methyl sites for hydroxylation is 2. The van der Waals surface area contributed by atoms with Crippen LogP contribution in [-0.2, 0) is 6.54 Å². The molecule has 0 saturated carbocycles. The van der Waals surface area contributed by atoms with Crippen LogP contribution in [0, 0.1) is 6.92 Å². The van der Waals surface area contributed by atoms with Gasteiger partial charge in [0.1, 0.15) is 0 Å². The lowest BCUT2D eigenvalue weighted by molar-refractivity contribution is 0.0948. The van der Waals surface area contributed by atoms with Crippen molar-refractivity contribution in [2.24, 2.45) is 5.84 Å². The summed E-state index contributed by atoms with van der Waals surface area (Å²) >= 11 is 1.69. The minimum absolute atomic E-state index is 0.206. The summed E-state index contributed by atoms with van der Waals surface area (Å²) in [4.78, 5) is 12.4. The van der Waals surface area contributed by atoms with Gasteiger partial charge in [-0.25, -0.2) is 5.84 Å². The summed E-state index contributed by atoms with van der Waals surface area (Å²) in [5.74, 6) is 5.38. The summed E-state index contributed by atoms with van der Waals surface area (Å²) in [6.45, 7) is 2.69. The van der Waals surface area contributed by atoms with Crippen LogP contribution in [-0.4, -0.2) is 26.7 Å². The number of hydrogen-bond acceptors (Lipinski definition) is 6. The average molecular weight is 292 g/mol. The monoisotopic (exact) mass is 292 g/mol. The predicted octanol–water partition coefficient (Wildman–Crippen LogP) is 0.565. The van der Waals surface area contributed by atoms with Gasteiger partial charge in [0.05, 0.1) is 12.7 Å². The number of rotatable bonds is 5. The molecule has 2 aromatic rings. The quantitative estimate of drug-likeness (QED) is 0.244. The molecule has 0 radical (unpaired) electrons. The number of anilines is 1. The summed E-state index contributed by atoms with van der Waals surface area (Å²) in [5, 5.41) is 7.60. The number of hydrazine groups is 1. The van der Waals surface area contributed by atoms with E-state index in [1.54, 1.807) is 22.6 Å². The Kier molecular flexibility index (Phi) is 4.59. The number of carbonyl (C=O) groups excluding carboxylic acids is 1. The summed E-state index contributed by atoms with van der Waals surface area (Å²) in [5.41, 5.74) is 9.92. The molecule has 0 aliphatic carbocycles. The molecule has 1 heterocycles. The number of nitrogen functional groups attached to an aromatic ring is 2. The van der Waals surface area contributed by atoms with E-state index < -0.39 is 5.91 Å². The number of hydrogen-bond donors (Lipinski definition) is 3. The van der Waals surface area contributed by atoms with Crippen molar-refractivity contribution in [1.29, 1.82) is 0 Å². The standard InChI is InChI=1S/C12H16N6OS/c1-8-2-3-9(13)6-11(8)20-5-4-18-7-10(16-17-18)12(19)15-14/h2-3,6-7H,4-5,13-14H2,1H3,(H,15,19). The van der Waals surface area contributed by atoms with E-state index in [2.05, 4.69) is 10.3 Å². The van der Waals surface area contributed by atoms with Gasteiger partial charge in [-0.15, -0.1) is 16.9 Å². The van der Waals surface area contributed by atoms with Gasteiger partial charge in [0, 0.05) is 16.3 Å². The molecule has 0 fully saturated rings. The Morgan fingerprint density at radius 3 is 3.05 bits per heavy atom. The van der Waals surface area contributed by atoms with Gasteiger partial charge in [0.25, 0.3) is 5.91 Å². The molecule has 1 aromatic heterocycles. The van der Waals surface area contributed by atoms with Crippen LogP contribution in [0.4, 0.5) is 5.69 Å². The summed E-state index contributed by atoms with van der Waals surface area (Å²) < 4.78 is 1.61. The molecular weight excluding hydrogens is 276 g/mol. The van der Waals surface area contributed by atoms with Crippen LogP contribution in [0.2, 0.25) is 0 Å². The van der Waals surface area contributed by atoms with Gasteiger partial charge in [-0.2, -0.15) is 0 Å². The highest BCUT2D eigenvalue weighted by Gasteiger charge is 2.08. The van der Waals surface area contributed by atoms with E-state index in [1.807, 2.05) is 30.5 Å². The number of amides is 1. The number of nitrogens with two attached hydrogens (primary N) is 2. The molecule has 20 heavy (non-hydrogen) atoms. The Morgan fingerprint density at radius 2 is 2.30 bits per heavy atom. The second-order valence-electron chi connectivity index (χ2n) is 4.21. The van der Waals surface area contributed by atoms with Crippen molar-refractivity contribution in [2.45, 2.75) is 18.4 Å². The van der Waals surface area contributed by atoms with E-state index in [4.69, 9.17) is 11.6 Å². The van der Waals surface area contributed by atoms with Gasteiger partial charge in [-0.05, 0) is 24.6 Å². The molecule has 1 aromatic carbocycles. The molecule has 0 atom stereocenters. The highest BCUT2D eigenvalue weighted by molar-refractivity contribution is 7.99. The number of aromatic nitrogens is 3. The highest BCUT2D eigenvalue weighted by atomic mass is 32.2. The molecule has 0 saturated heterocycles. The number of nitrogens with one attached hydrogen (secondary N) is 1. The molecule has 8 heteroatoms. The molecule has 0 spiro atoms. The lowest BCUT2D eigenvalue weighted by Crippen LogP contribution is -2.30. The smallest absolute Gasteiger partial charge is 0.287 e. The van der Waals surface area contributed by atoms with Crippen LogP contribution in [0.5, 0.6) is 0 Å². The predicted molar refractivity (Wildman–Crippen MR) is 78.0 cm³/mol. The molecular formula is C12H16N6OS. The topological polar surface area (TPSA) is 112 Å². The Bertz CT molecular complexity index is 612. The zero-order valence-electron chi connectivity index (χ0n) is 11.0. The minimum Gasteiger partial charge on any atom is -0.399 e. The SMILES string of the molecule is Cc1ccc(N)cc1SCCn1cc(C(=O)NN)nn1. The van der Waals surface area contributed by atoms with Crippen LogP contribution in [0.15, 0.2) is 29.3 Å². The van der Waals surface area contributed by atoms with Crippen LogP contribution in [0.3, 0.4) is 0 Å². The first-order valence-corrected chi connectivity index (χ1v) is 6.98. The molecule has 106 valence electrons. The van der Waals surface area contributed by atoms with E-state index in [-0.39, 0.29) is 5.69 Å². The Hall–Kier alpha value is -2.06. The van der Waals surface area contributed by atoms with Crippen molar-refractivity contribution >= 4 is 23.4 Å². The molecule has 1 amide bonds. The molecule has 0 aliphatic rings. The lowest BCUT2D eigenvalue weighted by Gasteiger charge is -2.06. The van der Waals surface area contributed by atoms with E-state index >= 15 is 0 Å². The second-order valence-corrected chi connectivity index (χ2v) is 5.35. The van der Waals surface area contributed by atoms with Gasteiger partial charge >= 0.3 is 0 Å². The minimum atomic E-state index is -0.449. The van der Waals surface area contributed by atoms with Crippen LogP contribution >= 0.6 is 11.8 Å². The van der Waals surface area contributed by atoms with Crippen molar-refractivity contribution < 1.29 is 4.79 Å². The average Bonchev–Trinajstić information content (AvgIpc) is 2.90. The van der Waals surface area contributed by atoms with Crippen LogP contribution in [0.25, 0.3) is 0 Å². The molecule has 2 rings (SSSR count). The van der Waals surface area contributed by atoms with Crippen LogP contribution < -0.4 is 17.0 Å². The summed E-state index contributed by atoms with van der Waals surface area (Å²) in [7, 11) is 0. The van der Waals surface area contributed by atoms with Gasteiger partial charge in [0.2, 0.25) is 0 Å². The first-order valence-electron chi connectivity index (χ1n) is 6.00. The number of nitrogens with zero attached hydrogens (tertiary/aromatic N) is 3. The van der Waals surface area contributed by atoms with Gasteiger partial charge in [0.15, 0.2) is 5.69 Å². The summed E-state index contributed by atoms with van der Waals surface area (Å²) in [6, 6.07) is 5.83. The second kappa shape index (κ2) is 6.40. The third-order valence-corrected chi connectivity index (χ3v) is 3.83. The van der Waals surface area contributed by atoms with Gasteiger partial charge < -0.3 is 5.73 Å². The zero-order valence-corrected chi connectivity index (χ0v) is 11.9. The fourth-order valence-corrected chi connectivity index (χ4v) is 2.62. The van der Waals surface area contributed by atoms with Gasteiger partial charge in [-0.3, -0.25) is 14.9 Å². The van der Waals surface area contributed by atoms with E-state index in [1.165, 1.54) is 5.56 Å². The van der Waals surface area contributed by atoms with Crippen molar-refractivity contribution in [1.82, 2.24) is 20.4 Å². The Morgan fingerprint density at radius 1 is 1.50 bits per heavy atom. The van der Waals surface area contributed by atoms with Crippen LogP contribution in [0.1, 0.15) is 16.1 Å². The van der Waals surface area contributed by atoms with Crippen molar-refractivity contribution in [3.8, 4) is 0 Å². The van der Waals surface area contributed by atoms with Crippen molar-refractivity contribution in [3.63, 3.8) is 0 Å². The van der Waals surface area contributed by atoms with E-state index in [9.17, 15) is 4.79 Å². The number of thioether (sulfide) groups is 1. The lowest BCUT2D eigenvalue weighted by atomic mass is 10.2. The number of benzene rings is 1. The Labute approximate surface area is 120 Å². The maximum Gasteiger partial charge on any atom is 0.287 e. The van der Waals surface area contributed by atoms with Crippen molar-refractivity contribution in [2.75, 3.05) is 11.5 Å². The first-order chi connectivity index (χ1) is 9.60. The third kappa shape index (κ3) is 3.49. The largest absolute Gasteiger partial charge is 0.399 e. The van der Waals surface area contributed by atoms with E-state index in [0.717, 1.165) is 16.3 Å². The number of carbonyl (C=O) groups is 1. The molecule has 0 aliphatic heterocycles. The summed E-state index contributed by atoms with van der Waals surface area (Å²) in [6.07, 6.45) is 1.56. The first kappa shape index (κ1) is 14.4. The Balaban J connectivity index is 1.91.